The minimum atomic E-state index is -0.363. The number of carbonyl (C=O) groups is 5. The number of halogens is 4. The number of nitrogens with one attached hydrogen (secondary N) is 4. The number of ketones is 3. The van der Waals surface area contributed by atoms with E-state index in [-0.39, 0.29) is 84.4 Å². The molecule has 133 heavy (non-hydrogen) atoms. The molecular weight excluding hydrogens is 1780 g/mol. The Morgan fingerprint density at radius 1 is 0.331 bits per heavy atom. The van der Waals surface area contributed by atoms with Crippen molar-refractivity contribution in [2.24, 2.45) is 0 Å². The molecule has 27 nitrogen and oxygen atoms in total. The number of H-pyrrole nitrogens is 4. The molecule has 18 rings (SSSR count). The molecule has 6 N–H and O–H groups in total. The molecule has 0 aliphatic carbocycles. The van der Waals surface area contributed by atoms with E-state index in [1.165, 1.54) is 61.2 Å². The molecule has 0 saturated carbocycles. The van der Waals surface area contributed by atoms with E-state index in [4.69, 9.17) is 89.4 Å². The molecule has 0 aliphatic rings. The number of esters is 2. The molecule has 0 bridgehead atoms. The standard InChI is InChI=1S/C22H18N2O3.C18H11ClN4O2.C17H18O4.C14H10N2O2.C9H10O3.C8H9ClO.C7H6N2.C4H2Cl2N2.3CH4/c1-26-17-10-6-15(7-11-17)14-27-18-12-8-16(9-13-18)21(25)22-23-19-4-2-3-5-20(19)24-22;19-16-18(21-10-9-20-16)25-12-7-5-11(6-8-12)15(24)17-22-13-3-1-2-4-14(13)23-17;1-3-20-17(18)14-6-10-16(11-7-14)21-12-13-4-8-15(19-2)9-5-13;17-10-7-5-9(6-8-10)13(18)14-15-11-3-1-2-4-12(11)16-14;1-2-12-9(11)7-3-5-8(10)6-4-7;1-10-8-4-2-7(6-9)3-5-8;1-2-4-7-6(3-1)8-5-9-7;5-3-4(6)8-2-1-7-3;;;/h2-13H,14H2,1H3,(H,23,24);1-10H,(H,22,23);4-11H,3,12H2,1-2H3;1-8,17H,(H,15,16);3-6,10H,2H2,1H3;2-5H,6H2,1H3;1-5H,(H,8,9);1-2H;3*1H4. The second-order valence-electron chi connectivity index (χ2n) is 27.0. The minimum Gasteiger partial charge on any atom is -0.508 e. The molecule has 0 spiro atoms. The van der Waals surface area contributed by atoms with Gasteiger partial charge in [0.05, 0.1) is 96.1 Å². The van der Waals surface area contributed by atoms with Crippen molar-refractivity contribution in [2.45, 2.75) is 55.2 Å². The van der Waals surface area contributed by atoms with Crippen molar-refractivity contribution >= 4 is 120 Å². The van der Waals surface area contributed by atoms with Crippen LogP contribution in [0.2, 0.25) is 15.5 Å². The summed E-state index contributed by atoms with van der Waals surface area (Å²) in [7, 11) is 4.92. The third-order valence-electron chi connectivity index (χ3n) is 18.1. The summed E-state index contributed by atoms with van der Waals surface area (Å²) in [4.78, 5) is 104. The minimum absolute atomic E-state index is 0. The maximum absolute atomic E-state index is 12.6. The monoisotopic (exact) mass is 1870 g/mol. The van der Waals surface area contributed by atoms with Crippen molar-refractivity contribution in [2.75, 3.05) is 34.5 Å². The molecule has 0 aliphatic heterocycles. The number of nitrogens with zero attached hydrogens (tertiary/aromatic N) is 8. The highest BCUT2D eigenvalue weighted by molar-refractivity contribution is 6.40. The Morgan fingerprint density at radius 3 is 0.962 bits per heavy atom. The van der Waals surface area contributed by atoms with Gasteiger partial charge in [0.1, 0.15) is 59.2 Å². The second kappa shape index (κ2) is 53.2. The number of para-hydroxylation sites is 8. The molecule has 18 aromatic rings. The van der Waals surface area contributed by atoms with E-state index >= 15 is 0 Å². The van der Waals surface area contributed by atoms with Crippen LogP contribution < -0.4 is 28.4 Å². The van der Waals surface area contributed by atoms with Crippen molar-refractivity contribution < 1.29 is 72.1 Å². The van der Waals surface area contributed by atoms with Crippen molar-refractivity contribution in [1.29, 1.82) is 0 Å². The van der Waals surface area contributed by atoms with Gasteiger partial charge in [-0.05, 0) is 237 Å². The van der Waals surface area contributed by atoms with Crippen molar-refractivity contribution in [3.8, 4) is 51.9 Å². The molecule has 6 heterocycles. The molecule has 0 fully saturated rings. The number of rotatable bonds is 22. The third kappa shape index (κ3) is 31.2. The topological polar surface area (TPSA) is 366 Å². The van der Waals surface area contributed by atoms with Gasteiger partial charge < -0.3 is 68.0 Å². The van der Waals surface area contributed by atoms with Gasteiger partial charge in [-0.15, -0.1) is 11.6 Å². The summed E-state index contributed by atoms with van der Waals surface area (Å²) in [5.74, 6) is 5.19. The summed E-state index contributed by atoms with van der Waals surface area (Å²) in [6, 6.07) is 86.3. The van der Waals surface area contributed by atoms with Gasteiger partial charge >= 0.3 is 11.9 Å². The molecule has 682 valence electrons. The molecule has 6 aromatic heterocycles. The zero-order valence-corrected chi connectivity index (χ0v) is 73.5. The average Bonchev–Trinajstić information content (AvgIpc) is 1.68. The van der Waals surface area contributed by atoms with Gasteiger partial charge in [-0.3, -0.25) is 14.4 Å². The van der Waals surface area contributed by atoms with E-state index < -0.39 is 0 Å². The Morgan fingerprint density at radius 2 is 0.632 bits per heavy atom. The van der Waals surface area contributed by atoms with Crippen LogP contribution in [0.3, 0.4) is 0 Å². The lowest BCUT2D eigenvalue weighted by Crippen LogP contribution is -2.04. The largest absolute Gasteiger partial charge is 0.508 e. The lowest BCUT2D eigenvalue weighted by atomic mass is 10.1. The number of fused-ring (bicyclic) bond motifs is 4. The van der Waals surface area contributed by atoms with Gasteiger partial charge in [-0.1, -0.05) is 142 Å². The van der Waals surface area contributed by atoms with E-state index in [0.29, 0.717) is 94.8 Å². The third-order valence-corrected chi connectivity index (χ3v) is 19.4. The highest BCUT2D eigenvalue weighted by atomic mass is 35.5. The van der Waals surface area contributed by atoms with E-state index in [1.54, 1.807) is 126 Å². The van der Waals surface area contributed by atoms with Crippen LogP contribution in [0.4, 0.5) is 0 Å². The van der Waals surface area contributed by atoms with Gasteiger partial charge in [0.25, 0.3) is 5.88 Å². The van der Waals surface area contributed by atoms with Crippen molar-refractivity contribution in [3.05, 3.63) is 400 Å². The van der Waals surface area contributed by atoms with Crippen LogP contribution in [-0.2, 0) is 28.6 Å². The van der Waals surface area contributed by atoms with Gasteiger partial charge in [0.2, 0.25) is 17.3 Å². The molecule has 31 heteroatoms. The zero-order valence-electron chi connectivity index (χ0n) is 70.4. The SMILES string of the molecule is C.C.C.CCOC(=O)c1ccc(O)cc1.CCOC(=O)c1ccc(OCc2ccc(OC)cc2)cc1.COc1ccc(CCl)cc1.COc1ccc(COc2ccc(C(=O)c3nc4ccccc4[nH]3)cc2)cc1.Clc1nccnc1Cl.O=C(c1ccc(O)cc1)c1nc2ccccc2[nH]1.O=C(c1ccc(Oc2nccnc2Cl)cc1)c1nc2ccccc2[nH]1.c1ccc2[nH]cnc2c1. The number of hydrogen-bond donors (Lipinski definition) is 6. The first-order chi connectivity index (χ1) is 63.3. The highest BCUT2D eigenvalue weighted by Crippen LogP contribution is 2.28. The number of carbonyl (C=O) groups excluding carboxylic acids is 5. The molecule has 12 aromatic carbocycles. The van der Waals surface area contributed by atoms with Crippen LogP contribution in [0, 0.1) is 0 Å². The van der Waals surface area contributed by atoms with E-state index in [1.807, 2.05) is 170 Å². The fourth-order valence-electron chi connectivity index (χ4n) is 11.5. The molecule has 0 unspecified atom stereocenters. The Kier molecular flexibility index (Phi) is 41.1. The number of imidazole rings is 4. The molecule has 0 amide bonds. The van der Waals surface area contributed by atoms with Gasteiger partial charge in [-0.25, -0.2) is 49.5 Å². The number of phenolic OH excluding ortho intramolecular Hbond substituents is 2. The molecule has 0 saturated heterocycles. The van der Waals surface area contributed by atoms with E-state index in [0.717, 1.165) is 78.1 Å². The first-order valence-corrected chi connectivity index (χ1v) is 41.5. The number of hydrogen-bond acceptors (Lipinski definition) is 23. The summed E-state index contributed by atoms with van der Waals surface area (Å²) in [6.07, 6.45) is 7.62. The highest BCUT2D eigenvalue weighted by Gasteiger charge is 2.18. The van der Waals surface area contributed by atoms with Crippen LogP contribution in [-0.4, -0.2) is 134 Å². The Labute approximate surface area is 788 Å². The van der Waals surface area contributed by atoms with E-state index in [2.05, 4.69) is 59.8 Å². The number of benzene rings is 12. The fourth-order valence-corrected chi connectivity index (χ4v) is 12.0. The summed E-state index contributed by atoms with van der Waals surface area (Å²) in [5, 5.41) is 18.8. The maximum atomic E-state index is 12.6. The number of aromatic amines is 4. The maximum Gasteiger partial charge on any atom is 0.338 e. The van der Waals surface area contributed by atoms with Gasteiger partial charge in [0.15, 0.2) is 32.9 Å². The molecular formula is C102H96Cl4N12O15. The summed E-state index contributed by atoms with van der Waals surface area (Å²) < 4.78 is 41.9. The predicted molar refractivity (Wildman–Crippen MR) is 519 cm³/mol. The van der Waals surface area contributed by atoms with Crippen LogP contribution in [0.1, 0.15) is 122 Å². The van der Waals surface area contributed by atoms with Crippen LogP contribution in [0.25, 0.3) is 44.1 Å². The lowest BCUT2D eigenvalue weighted by molar-refractivity contribution is 0.0516. The zero-order chi connectivity index (χ0) is 91.9. The van der Waals surface area contributed by atoms with Gasteiger partial charge in [0, 0.05) is 47.4 Å². The van der Waals surface area contributed by atoms with Crippen LogP contribution in [0.15, 0.2) is 322 Å². The summed E-state index contributed by atoms with van der Waals surface area (Å²) in [5.41, 5.74) is 12.6. The predicted octanol–water partition coefficient (Wildman–Crippen LogP) is 23.6. The molecule has 0 radical (unpaired) electrons. The Bertz CT molecular complexity index is 6480. The number of phenols is 2. The summed E-state index contributed by atoms with van der Waals surface area (Å²) >= 11 is 22.3. The lowest BCUT2D eigenvalue weighted by Gasteiger charge is -2.08. The quantitative estimate of drug-likeness (QED) is 0.0208. The normalized spacial score (nSPS) is 10.0. The van der Waals surface area contributed by atoms with E-state index in [9.17, 15) is 29.1 Å². The van der Waals surface area contributed by atoms with Crippen LogP contribution in [0.5, 0.6) is 51.9 Å². The van der Waals surface area contributed by atoms with Gasteiger partial charge in [-0.2, -0.15) is 0 Å². The smallest absolute Gasteiger partial charge is 0.338 e. The average molecular weight is 1870 g/mol. The first kappa shape index (κ1) is 103. The molecule has 0 atom stereocenters. The number of aromatic hydroxyl groups is 2. The number of aromatic nitrogens is 12. The summed E-state index contributed by atoms with van der Waals surface area (Å²) in [6.45, 7) is 5.17. The van der Waals surface area contributed by atoms with Crippen molar-refractivity contribution in [3.63, 3.8) is 0 Å². The fraction of sp³-hybridized carbons (Fsp3) is 0.127. The second-order valence-corrected chi connectivity index (χ2v) is 28.3. The number of methoxy groups -OCH3 is 3. The van der Waals surface area contributed by atoms with Crippen LogP contribution >= 0.6 is 46.4 Å². The van der Waals surface area contributed by atoms with Crippen molar-refractivity contribution in [1.82, 2.24) is 59.8 Å². The first-order valence-electron chi connectivity index (χ1n) is 39.8. The number of alkyl halides is 1. The Balaban J connectivity index is 0.000000193. The Hall–Kier alpha value is -15.8. The number of ether oxygens (including phenoxy) is 8.